The van der Waals surface area contributed by atoms with Crippen molar-refractivity contribution in [2.75, 3.05) is 7.11 Å². The second-order valence-electron chi connectivity index (χ2n) is 5.23. The van der Waals surface area contributed by atoms with Crippen molar-refractivity contribution in [3.63, 3.8) is 0 Å². The van der Waals surface area contributed by atoms with E-state index in [4.69, 9.17) is 13.9 Å². The fraction of sp³-hybridized carbons (Fsp3) is 0.235. The van der Waals surface area contributed by atoms with E-state index in [1.54, 1.807) is 37.5 Å². The van der Waals surface area contributed by atoms with Gasteiger partial charge in [0, 0.05) is 19.5 Å². The average Bonchev–Trinajstić information content (AvgIpc) is 3.26. The summed E-state index contributed by atoms with van der Waals surface area (Å²) in [7, 11) is 1.49. The first kappa shape index (κ1) is 16.8. The van der Waals surface area contributed by atoms with Crippen LogP contribution in [-0.4, -0.2) is 27.8 Å². The lowest BCUT2D eigenvalue weighted by Gasteiger charge is -2.17. The van der Waals surface area contributed by atoms with Gasteiger partial charge in [-0.2, -0.15) is 5.10 Å². The van der Waals surface area contributed by atoms with E-state index in [2.05, 4.69) is 10.1 Å². The summed E-state index contributed by atoms with van der Waals surface area (Å²) >= 11 is 0. The Morgan fingerprint density at radius 3 is 2.96 bits per heavy atom. The summed E-state index contributed by atoms with van der Waals surface area (Å²) in [5.74, 6) is -0.952. The predicted molar refractivity (Wildman–Crippen MR) is 84.6 cm³/mol. The van der Waals surface area contributed by atoms with E-state index in [0.29, 0.717) is 5.69 Å². The van der Waals surface area contributed by atoms with Gasteiger partial charge in [0.2, 0.25) is 5.89 Å². The lowest BCUT2D eigenvalue weighted by Crippen LogP contribution is -2.14. The quantitative estimate of drug-likeness (QED) is 0.639. The van der Waals surface area contributed by atoms with Crippen molar-refractivity contribution in [3.05, 3.63) is 65.9 Å². The Balaban J connectivity index is 1.83. The van der Waals surface area contributed by atoms with Crippen molar-refractivity contribution in [1.29, 1.82) is 0 Å². The summed E-state index contributed by atoms with van der Waals surface area (Å²) < 4.78 is 31.2. The Labute approximate surface area is 143 Å². The van der Waals surface area contributed by atoms with Crippen LogP contribution in [0.5, 0.6) is 0 Å². The maximum Gasteiger partial charge on any atom is 0.360 e. The minimum absolute atomic E-state index is 0.00382. The molecule has 0 bridgehead atoms. The van der Waals surface area contributed by atoms with Crippen molar-refractivity contribution >= 4 is 5.97 Å². The van der Waals surface area contributed by atoms with Crippen molar-refractivity contribution in [2.45, 2.75) is 19.6 Å². The molecule has 7 nitrogen and oxygen atoms in total. The lowest BCUT2D eigenvalue weighted by molar-refractivity contribution is 0.0324. The zero-order valence-electron chi connectivity index (χ0n) is 13.7. The van der Waals surface area contributed by atoms with Crippen LogP contribution in [0.1, 0.15) is 35.0 Å². The van der Waals surface area contributed by atoms with Gasteiger partial charge in [-0.25, -0.2) is 18.9 Å². The third-order valence-corrected chi connectivity index (χ3v) is 3.50. The molecule has 0 saturated heterocycles. The van der Waals surface area contributed by atoms with Gasteiger partial charge in [0.15, 0.2) is 5.69 Å². The van der Waals surface area contributed by atoms with Gasteiger partial charge in [0.1, 0.15) is 24.8 Å². The highest BCUT2D eigenvalue weighted by molar-refractivity contribution is 5.87. The first-order valence-corrected chi connectivity index (χ1v) is 7.53. The summed E-state index contributed by atoms with van der Waals surface area (Å²) in [5.41, 5.74) is 0.710. The minimum atomic E-state index is -0.851. The molecule has 0 saturated carbocycles. The fourth-order valence-electron chi connectivity index (χ4n) is 2.41. The first-order chi connectivity index (χ1) is 12.1. The number of carbonyl (C=O) groups excluding carboxylic acids is 1. The molecule has 0 fully saturated rings. The molecule has 130 valence electrons. The molecule has 8 heteroatoms. The minimum Gasteiger partial charge on any atom is -0.453 e. The molecule has 0 aliphatic carbocycles. The monoisotopic (exact) mass is 345 g/mol. The normalized spacial score (nSPS) is 12.1. The number of methoxy groups -OCH3 is 1. The Morgan fingerprint density at radius 2 is 2.24 bits per heavy atom. The maximum atomic E-state index is 14.4. The number of esters is 1. The molecule has 0 aliphatic heterocycles. The van der Waals surface area contributed by atoms with Gasteiger partial charge < -0.3 is 13.9 Å². The summed E-state index contributed by atoms with van der Waals surface area (Å²) in [6.07, 6.45) is 3.59. The number of ether oxygens (including phenoxy) is 2. The van der Waals surface area contributed by atoms with Gasteiger partial charge >= 0.3 is 5.97 Å². The van der Waals surface area contributed by atoms with E-state index in [-0.39, 0.29) is 23.8 Å². The van der Waals surface area contributed by atoms with Crippen molar-refractivity contribution in [1.82, 2.24) is 14.8 Å². The average molecular weight is 345 g/mol. The highest BCUT2D eigenvalue weighted by atomic mass is 19.1. The zero-order chi connectivity index (χ0) is 17.8. The first-order valence-electron chi connectivity index (χ1n) is 7.53. The molecule has 2 heterocycles. The van der Waals surface area contributed by atoms with Crippen LogP contribution in [0.15, 0.2) is 47.3 Å². The van der Waals surface area contributed by atoms with Gasteiger partial charge in [-0.15, -0.1) is 0 Å². The summed E-state index contributed by atoms with van der Waals surface area (Å²) in [6, 6.07) is 6.29. The van der Waals surface area contributed by atoms with Crippen LogP contribution in [0.25, 0.3) is 5.69 Å². The molecular weight excluding hydrogens is 329 g/mol. The van der Waals surface area contributed by atoms with Crippen LogP contribution in [0.2, 0.25) is 0 Å². The molecule has 2 aromatic heterocycles. The van der Waals surface area contributed by atoms with E-state index in [1.807, 2.05) is 0 Å². The number of halogens is 1. The van der Waals surface area contributed by atoms with Gasteiger partial charge in [-0.3, -0.25) is 0 Å². The number of aromatic nitrogens is 3. The Bertz CT molecular complexity index is 861. The van der Waals surface area contributed by atoms with Crippen LogP contribution in [-0.2, 0) is 16.1 Å². The fourth-order valence-corrected chi connectivity index (χ4v) is 2.41. The van der Waals surface area contributed by atoms with Crippen molar-refractivity contribution in [3.8, 4) is 5.69 Å². The van der Waals surface area contributed by atoms with E-state index < -0.39 is 17.9 Å². The second-order valence-corrected chi connectivity index (χ2v) is 5.23. The van der Waals surface area contributed by atoms with Crippen molar-refractivity contribution in [2.24, 2.45) is 0 Å². The van der Waals surface area contributed by atoms with E-state index in [1.165, 1.54) is 24.1 Å². The molecule has 0 N–H and O–H groups in total. The number of carbonyl (C=O) groups is 1. The van der Waals surface area contributed by atoms with E-state index in [0.717, 1.165) is 0 Å². The number of hydrogen-bond acceptors (Lipinski definition) is 6. The molecule has 0 aliphatic rings. The molecule has 3 rings (SSSR count). The van der Waals surface area contributed by atoms with Crippen molar-refractivity contribution < 1.29 is 23.1 Å². The van der Waals surface area contributed by atoms with Crippen LogP contribution in [0.4, 0.5) is 4.39 Å². The number of oxazole rings is 1. The third kappa shape index (κ3) is 3.58. The number of nitrogens with zero attached hydrogens (tertiary/aromatic N) is 3. The van der Waals surface area contributed by atoms with Crippen LogP contribution in [0, 0.1) is 5.82 Å². The topological polar surface area (TPSA) is 79.4 Å². The zero-order valence-corrected chi connectivity index (χ0v) is 13.7. The smallest absolute Gasteiger partial charge is 0.360 e. The molecule has 0 spiro atoms. The molecule has 0 amide bonds. The van der Waals surface area contributed by atoms with Crippen LogP contribution in [0.3, 0.4) is 0 Å². The van der Waals surface area contributed by atoms with Gasteiger partial charge in [0.25, 0.3) is 0 Å². The molecule has 1 atom stereocenters. The third-order valence-electron chi connectivity index (χ3n) is 3.50. The molecule has 25 heavy (non-hydrogen) atoms. The van der Waals surface area contributed by atoms with E-state index >= 15 is 0 Å². The predicted octanol–water partition coefficient (Wildman–Crippen LogP) is 3.06. The SMILES string of the molecule is COCc1nc(C(=O)OC(C)c2c(F)cccc2-n2cccn2)co1. The molecular formula is C17H16FN3O4. The molecule has 1 aromatic carbocycles. The summed E-state index contributed by atoms with van der Waals surface area (Å²) in [6.45, 7) is 1.72. The Hall–Kier alpha value is -3.00. The summed E-state index contributed by atoms with van der Waals surface area (Å²) in [5, 5.41) is 4.10. The van der Waals surface area contributed by atoms with Crippen LogP contribution >= 0.6 is 0 Å². The van der Waals surface area contributed by atoms with Crippen LogP contribution < -0.4 is 0 Å². The molecule has 0 radical (unpaired) electrons. The van der Waals surface area contributed by atoms with Gasteiger partial charge in [0.05, 0.1) is 11.3 Å². The second kappa shape index (κ2) is 7.27. The highest BCUT2D eigenvalue weighted by Gasteiger charge is 2.23. The van der Waals surface area contributed by atoms with Gasteiger partial charge in [-0.1, -0.05) is 6.07 Å². The summed E-state index contributed by atoms with van der Waals surface area (Å²) in [4.78, 5) is 16.2. The van der Waals surface area contributed by atoms with E-state index in [9.17, 15) is 9.18 Å². The number of rotatable bonds is 6. The maximum absolute atomic E-state index is 14.4. The largest absolute Gasteiger partial charge is 0.453 e. The number of benzene rings is 1. The Morgan fingerprint density at radius 1 is 1.40 bits per heavy atom. The molecule has 1 unspecified atom stereocenters. The number of hydrogen-bond donors (Lipinski definition) is 0. The van der Waals surface area contributed by atoms with Gasteiger partial charge in [-0.05, 0) is 25.1 Å². The molecule has 3 aromatic rings. The Kier molecular flexibility index (Phi) is 4.90. The standard InChI is InChI=1S/C17H16FN3O4/c1-11(25-17(22)13-9-24-15(20-13)10-23-2)16-12(18)5-3-6-14(16)21-8-4-7-19-21/h3-9,11H,10H2,1-2H3. The lowest BCUT2D eigenvalue weighted by atomic mass is 10.1. The highest BCUT2D eigenvalue weighted by Crippen LogP contribution is 2.27.